The Bertz CT molecular complexity index is 935. The number of carbonyl (C=O) groups is 1. The molecular weight excluding hydrogens is 405 g/mol. The summed E-state index contributed by atoms with van der Waals surface area (Å²) in [5.41, 5.74) is 11.7. The number of amides is 1. The second-order valence-electron chi connectivity index (χ2n) is 8.52. The number of hydrogen-bond acceptors (Lipinski definition) is 4. The molecule has 3 rings (SSSR count). The van der Waals surface area contributed by atoms with Crippen LogP contribution >= 0.6 is 0 Å². The van der Waals surface area contributed by atoms with Gasteiger partial charge in [0.2, 0.25) is 0 Å². The third kappa shape index (κ3) is 4.75. The highest BCUT2D eigenvalue weighted by molar-refractivity contribution is 6.01. The van der Waals surface area contributed by atoms with Crippen LogP contribution in [0.3, 0.4) is 0 Å². The molecule has 1 unspecified atom stereocenters. The zero-order valence-electron chi connectivity index (χ0n) is 19.5. The molecule has 0 radical (unpaired) electrons. The Balaban J connectivity index is 2.26. The molecule has 1 saturated carbocycles. The van der Waals surface area contributed by atoms with Gasteiger partial charge in [-0.25, -0.2) is 4.39 Å². The van der Waals surface area contributed by atoms with Crippen molar-refractivity contribution in [3.63, 3.8) is 0 Å². The van der Waals surface area contributed by atoms with E-state index in [1.807, 2.05) is 12.1 Å². The van der Waals surface area contributed by atoms with Crippen LogP contribution < -0.4 is 10.6 Å². The Kier molecular flexibility index (Phi) is 8.13. The largest absolute Gasteiger partial charge is 0.393 e. The maximum Gasteiger partial charge on any atom is 0.251 e. The Labute approximate surface area is 191 Å². The van der Waals surface area contributed by atoms with Gasteiger partial charge in [0, 0.05) is 13.1 Å². The maximum atomic E-state index is 14.0. The Morgan fingerprint density at radius 2 is 2.00 bits per heavy atom. The van der Waals surface area contributed by atoms with Crippen molar-refractivity contribution in [2.75, 3.05) is 24.6 Å². The second kappa shape index (κ2) is 10.8. The van der Waals surface area contributed by atoms with Crippen LogP contribution in [0.4, 0.5) is 10.1 Å². The normalized spacial score (nSPS) is 18.4. The number of aryl methyl sites for hydroxylation is 1. The summed E-state index contributed by atoms with van der Waals surface area (Å²) in [4.78, 5) is 17.1. The molecule has 1 aliphatic heterocycles. The molecule has 1 aromatic carbocycles. The molecule has 5 nitrogen and oxygen atoms in total. The predicted octanol–water partition coefficient (Wildman–Crippen LogP) is 4.72. The second-order valence-corrected chi connectivity index (χ2v) is 8.52. The van der Waals surface area contributed by atoms with Crippen LogP contribution in [0.15, 0.2) is 58.6 Å². The molecule has 3 N–H and O–H groups in total. The first-order chi connectivity index (χ1) is 15.4. The third-order valence-corrected chi connectivity index (χ3v) is 6.32. The molecule has 1 aliphatic carbocycles. The SMILES string of the molecule is CCC/C=C1\C(C(N)=O)=C2CCCC2=C(N(CC)CCC(F)CO)N1c1ccccc1C. The average molecular weight is 442 g/mol. The summed E-state index contributed by atoms with van der Waals surface area (Å²) >= 11 is 0. The highest BCUT2D eigenvalue weighted by Crippen LogP contribution is 2.47. The lowest BCUT2D eigenvalue weighted by Gasteiger charge is -2.42. The van der Waals surface area contributed by atoms with Gasteiger partial charge in [-0.3, -0.25) is 9.69 Å². The van der Waals surface area contributed by atoms with E-state index in [4.69, 9.17) is 5.73 Å². The van der Waals surface area contributed by atoms with E-state index in [-0.39, 0.29) is 6.42 Å². The molecule has 1 amide bonds. The molecule has 1 heterocycles. The number of carbonyl (C=O) groups excluding carboxylic acids is 1. The summed E-state index contributed by atoms with van der Waals surface area (Å²) in [6.07, 6.45) is 5.55. The van der Waals surface area contributed by atoms with E-state index in [1.165, 1.54) is 0 Å². The van der Waals surface area contributed by atoms with Gasteiger partial charge in [0.25, 0.3) is 5.91 Å². The highest BCUT2D eigenvalue weighted by atomic mass is 19.1. The van der Waals surface area contributed by atoms with Crippen LogP contribution in [0.5, 0.6) is 0 Å². The van der Waals surface area contributed by atoms with Crippen molar-refractivity contribution < 1.29 is 14.3 Å². The number of hydrogen-bond donors (Lipinski definition) is 2. The number of allylic oxidation sites excluding steroid dienone is 3. The van der Waals surface area contributed by atoms with E-state index in [9.17, 15) is 14.3 Å². The molecule has 0 bridgehead atoms. The van der Waals surface area contributed by atoms with Gasteiger partial charge < -0.3 is 15.7 Å². The van der Waals surface area contributed by atoms with Gasteiger partial charge in [0.1, 0.15) is 12.0 Å². The number of primary amides is 1. The number of alkyl halides is 1. The summed E-state index contributed by atoms with van der Waals surface area (Å²) < 4.78 is 14.0. The van der Waals surface area contributed by atoms with E-state index in [0.29, 0.717) is 18.7 Å². The molecule has 32 heavy (non-hydrogen) atoms. The number of para-hydroxylation sites is 1. The third-order valence-electron chi connectivity index (χ3n) is 6.32. The molecule has 0 aromatic heterocycles. The Hall–Kier alpha value is -2.60. The molecule has 0 saturated heterocycles. The van der Waals surface area contributed by atoms with Gasteiger partial charge >= 0.3 is 0 Å². The van der Waals surface area contributed by atoms with E-state index >= 15 is 0 Å². The standard InChI is InChI=1S/C26H36FN3O2/c1-4-6-13-23-24(25(28)32)20-11-9-12-21(20)26(29(5-2)16-15-19(27)17-31)30(23)22-14-8-7-10-18(22)3/h7-8,10,13-14,19,31H,4-6,9,11-12,15-17H2,1-3H3,(H2,28,32)/b23-13+. The van der Waals surface area contributed by atoms with E-state index in [0.717, 1.165) is 66.0 Å². The van der Waals surface area contributed by atoms with Crippen molar-refractivity contribution in [3.05, 3.63) is 64.1 Å². The van der Waals surface area contributed by atoms with Crippen molar-refractivity contribution in [3.8, 4) is 0 Å². The van der Waals surface area contributed by atoms with Crippen LogP contribution in [0.25, 0.3) is 0 Å². The first kappa shape index (κ1) is 24.1. The lowest BCUT2D eigenvalue weighted by atomic mass is 9.92. The molecule has 1 aromatic rings. The molecule has 6 heteroatoms. The molecule has 0 spiro atoms. The average Bonchev–Trinajstić information content (AvgIpc) is 3.26. The van der Waals surface area contributed by atoms with Crippen LogP contribution in [0, 0.1) is 6.92 Å². The van der Waals surface area contributed by atoms with Crippen LogP contribution in [0.2, 0.25) is 0 Å². The first-order valence-corrected chi connectivity index (χ1v) is 11.8. The number of anilines is 1. The fourth-order valence-corrected chi connectivity index (χ4v) is 4.72. The summed E-state index contributed by atoms with van der Waals surface area (Å²) in [5, 5.41) is 9.20. The number of nitrogens with two attached hydrogens (primary N) is 1. The smallest absolute Gasteiger partial charge is 0.251 e. The van der Waals surface area contributed by atoms with Crippen LogP contribution in [0.1, 0.15) is 57.9 Å². The number of aliphatic hydroxyl groups is 1. The van der Waals surface area contributed by atoms with Crippen molar-refractivity contribution in [1.29, 1.82) is 0 Å². The van der Waals surface area contributed by atoms with Gasteiger partial charge in [-0.1, -0.05) is 37.6 Å². The van der Waals surface area contributed by atoms with Gasteiger partial charge in [-0.15, -0.1) is 0 Å². The van der Waals surface area contributed by atoms with E-state index in [1.54, 1.807) is 0 Å². The zero-order valence-corrected chi connectivity index (χ0v) is 19.5. The molecule has 1 fully saturated rings. The van der Waals surface area contributed by atoms with Crippen molar-refractivity contribution in [2.24, 2.45) is 5.73 Å². The fourth-order valence-electron chi connectivity index (χ4n) is 4.72. The minimum Gasteiger partial charge on any atom is -0.393 e. The number of nitrogens with zero attached hydrogens (tertiary/aromatic N) is 2. The highest BCUT2D eigenvalue weighted by Gasteiger charge is 2.38. The summed E-state index contributed by atoms with van der Waals surface area (Å²) in [7, 11) is 0. The summed E-state index contributed by atoms with van der Waals surface area (Å²) in [5.74, 6) is 0.623. The lowest BCUT2D eigenvalue weighted by molar-refractivity contribution is -0.114. The quantitative estimate of drug-likeness (QED) is 0.551. The number of unbranched alkanes of at least 4 members (excludes halogenated alkanes) is 1. The van der Waals surface area contributed by atoms with E-state index < -0.39 is 18.7 Å². The molecule has 174 valence electrons. The number of halogens is 1. The minimum absolute atomic E-state index is 0.248. The van der Waals surface area contributed by atoms with E-state index in [2.05, 4.69) is 48.8 Å². The van der Waals surface area contributed by atoms with Crippen molar-refractivity contribution >= 4 is 11.6 Å². The molecule has 2 aliphatic rings. The predicted molar refractivity (Wildman–Crippen MR) is 128 cm³/mol. The summed E-state index contributed by atoms with van der Waals surface area (Å²) in [6.45, 7) is 6.95. The van der Waals surface area contributed by atoms with Gasteiger partial charge in [-0.2, -0.15) is 0 Å². The molecular formula is C26H36FN3O2. The van der Waals surface area contributed by atoms with Gasteiger partial charge in [-0.05, 0) is 68.7 Å². The topological polar surface area (TPSA) is 69.8 Å². The van der Waals surface area contributed by atoms with Gasteiger partial charge in [0.05, 0.1) is 23.6 Å². The lowest BCUT2D eigenvalue weighted by Crippen LogP contribution is -2.42. The van der Waals surface area contributed by atoms with Crippen molar-refractivity contribution in [2.45, 2.75) is 65.5 Å². The fraction of sp³-hybridized carbons (Fsp3) is 0.500. The number of aliphatic hydroxyl groups excluding tert-OH is 1. The monoisotopic (exact) mass is 441 g/mol. The van der Waals surface area contributed by atoms with Crippen LogP contribution in [-0.2, 0) is 4.79 Å². The maximum absolute atomic E-state index is 14.0. The number of benzene rings is 1. The minimum atomic E-state index is -1.25. The zero-order chi connectivity index (χ0) is 23.3. The first-order valence-electron chi connectivity index (χ1n) is 11.8. The van der Waals surface area contributed by atoms with Gasteiger partial charge in [0.15, 0.2) is 0 Å². The summed E-state index contributed by atoms with van der Waals surface area (Å²) in [6, 6.07) is 8.13. The van der Waals surface area contributed by atoms with Crippen LogP contribution in [-0.4, -0.2) is 41.8 Å². The van der Waals surface area contributed by atoms with Crippen molar-refractivity contribution in [1.82, 2.24) is 4.90 Å². The number of fused-ring (bicyclic) bond motifs is 1. The number of rotatable bonds is 10. The molecule has 1 atom stereocenters. The Morgan fingerprint density at radius 1 is 1.28 bits per heavy atom. The Morgan fingerprint density at radius 3 is 2.62 bits per heavy atom.